The fourth-order valence-electron chi connectivity index (χ4n) is 1.12. The van der Waals surface area contributed by atoms with Crippen molar-refractivity contribution < 1.29 is 4.79 Å². The minimum Gasteiger partial charge on any atom is -0.345 e. The van der Waals surface area contributed by atoms with Crippen molar-refractivity contribution in [1.82, 2.24) is 25.5 Å². The van der Waals surface area contributed by atoms with Gasteiger partial charge in [-0.3, -0.25) is 4.79 Å². The predicted molar refractivity (Wildman–Crippen MR) is 60.2 cm³/mol. The third kappa shape index (κ3) is 3.18. The van der Waals surface area contributed by atoms with Crippen LogP contribution in [0.1, 0.15) is 16.2 Å². The van der Waals surface area contributed by atoms with Gasteiger partial charge in [0.15, 0.2) is 0 Å². The molecule has 0 fully saturated rings. The Morgan fingerprint density at radius 3 is 2.88 bits per heavy atom. The Morgan fingerprint density at radius 1 is 1.35 bits per heavy atom. The van der Waals surface area contributed by atoms with Crippen molar-refractivity contribution >= 4 is 17.5 Å². The van der Waals surface area contributed by atoms with E-state index in [0.29, 0.717) is 5.69 Å². The van der Waals surface area contributed by atoms with Crippen molar-refractivity contribution in [1.29, 1.82) is 0 Å². The van der Waals surface area contributed by atoms with Gasteiger partial charge >= 0.3 is 0 Å². The van der Waals surface area contributed by atoms with E-state index < -0.39 is 0 Å². The lowest BCUT2D eigenvalue weighted by Gasteiger charge is -2.02. The SMILES string of the molecule is O=C(NCc1cccnn1)c1cnc(Cl)cn1. The highest BCUT2D eigenvalue weighted by Gasteiger charge is 2.07. The van der Waals surface area contributed by atoms with Crippen molar-refractivity contribution in [2.24, 2.45) is 0 Å². The molecule has 0 unspecified atom stereocenters. The lowest BCUT2D eigenvalue weighted by molar-refractivity contribution is 0.0945. The fourth-order valence-corrected chi connectivity index (χ4v) is 1.22. The molecule has 0 saturated carbocycles. The number of halogens is 1. The summed E-state index contributed by atoms with van der Waals surface area (Å²) in [5, 5.41) is 10.4. The Morgan fingerprint density at radius 2 is 2.24 bits per heavy atom. The highest BCUT2D eigenvalue weighted by molar-refractivity contribution is 6.29. The van der Waals surface area contributed by atoms with E-state index >= 15 is 0 Å². The van der Waals surface area contributed by atoms with Crippen LogP contribution in [0.2, 0.25) is 5.15 Å². The predicted octanol–water partition coefficient (Wildman–Crippen LogP) is 0.850. The number of rotatable bonds is 3. The zero-order chi connectivity index (χ0) is 12.1. The normalized spacial score (nSPS) is 9.94. The monoisotopic (exact) mass is 249 g/mol. The highest BCUT2D eigenvalue weighted by atomic mass is 35.5. The molecule has 0 aliphatic heterocycles. The van der Waals surface area contributed by atoms with Gasteiger partial charge in [0.1, 0.15) is 10.8 Å². The fraction of sp³-hybridized carbons (Fsp3) is 0.100. The summed E-state index contributed by atoms with van der Waals surface area (Å²) in [5.41, 5.74) is 0.876. The molecule has 2 rings (SSSR count). The van der Waals surface area contributed by atoms with Crippen molar-refractivity contribution in [2.45, 2.75) is 6.54 Å². The maximum atomic E-state index is 11.6. The minimum absolute atomic E-state index is 0.207. The molecule has 6 nitrogen and oxygen atoms in total. The average molecular weight is 250 g/mol. The second-order valence-corrected chi connectivity index (χ2v) is 3.51. The first kappa shape index (κ1) is 11.4. The molecule has 1 N–H and O–H groups in total. The smallest absolute Gasteiger partial charge is 0.271 e. The van der Waals surface area contributed by atoms with Crippen LogP contribution < -0.4 is 5.32 Å². The Balaban J connectivity index is 1.96. The van der Waals surface area contributed by atoms with Crippen LogP contribution in [-0.4, -0.2) is 26.1 Å². The molecule has 0 spiro atoms. The van der Waals surface area contributed by atoms with E-state index in [2.05, 4.69) is 25.5 Å². The molecule has 2 aromatic heterocycles. The standard InChI is InChI=1S/C10H8ClN5O/c11-9-6-12-8(5-13-9)10(17)14-4-7-2-1-3-15-16-7/h1-3,5-6H,4H2,(H,14,17). The Labute approximate surface area is 102 Å². The van der Waals surface area contributed by atoms with Gasteiger partial charge in [0, 0.05) is 6.20 Å². The number of nitrogens with zero attached hydrogens (tertiary/aromatic N) is 4. The van der Waals surface area contributed by atoms with Gasteiger partial charge in [0.25, 0.3) is 5.91 Å². The van der Waals surface area contributed by atoms with Crippen molar-refractivity contribution in [2.75, 3.05) is 0 Å². The molecule has 7 heteroatoms. The van der Waals surface area contributed by atoms with Crippen LogP contribution in [0.25, 0.3) is 0 Å². The zero-order valence-corrected chi connectivity index (χ0v) is 9.42. The van der Waals surface area contributed by atoms with Crippen LogP contribution in [0.4, 0.5) is 0 Å². The van der Waals surface area contributed by atoms with Crippen LogP contribution in [0.5, 0.6) is 0 Å². The van der Waals surface area contributed by atoms with Crippen LogP contribution in [-0.2, 0) is 6.54 Å². The van der Waals surface area contributed by atoms with Gasteiger partial charge < -0.3 is 5.32 Å². The van der Waals surface area contributed by atoms with Gasteiger partial charge in [0.05, 0.1) is 24.6 Å². The summed E-state index contributed by atoms with van der Waals surface area (Å²) in [4.78, 5) is 19.2. The molecule has 0 aromatic carbocycles. The molecule has 0 aliphatic rings. The summed E-state index contributed by atoms with van der Waals surface area (Å²) in [6.07, 6.45) is 4.20. The number of hydrogen-bond donors (Lipinski definition) is 1. The van der Waals surface area contributed by atoms with E-state index in [0.717, 1.165) is 0 Å². The van der Waals surface area contributed by atoms with E-state index in [1.54, 1.807) is 18.3 Å². The number of amides is 1. The molecule has 0 bridgehead atoms. The second-order valence-electron chi connectivity index (χ2n) is 3.12. The quantitative estimate of drug-likeness (QED) is 0.872. The summed E-state index contributed by atoms with van der Waals surface area (Å²) >= 11 is 5.57. The first-order chi connectivity index (χ1) is 8.25. The molecule has 86 valence electrons. The first-order valence-corrected chi connectivity index (χ1v) is 5.16. The summed E-state index contributed by atoms with van der Waals surface area (Å²) in [7, 11) is 0. The first-order valence-electron chi connectivity index (χ1n) is 4.78. The summed E-state index contributed by atoms with van der Waals surface area (Å²) < 4.78 is 0. The third-order valence-corrected chi connectivity index (χ3v) is 2.11. The molecule has 1 amide bonds. The maximum Gasteiger partial charge on any atom is 0.271 e. The lowest BCUT2D eigenvalue weighted by Crippen LogP contribution is -2.24. The average Bonchev–Trinajstić information content (AvgIpc) is 2.38. The Bertz CT molecular complexity index is 502. The molecule has 0 radical (unpaired) electrons. The van der Waals surface area contributed by atoms with E-state index in [4.69, 9.17) is 11.6 Å². The molecular weight excluding hydrogens is 242 g/mol. The number of carbonyl (C=O) groups is 1. The molecule has 0 saturated heterocycles. The van der Waals surface area contributed by atoms with E-state index in [1.165, 1.54) is 12.4 Å². The van der Waals surface area contributed by atoms with Gasteiger partial charge in [-0.2, -0.15) is 10.2 Å². The van der Waals surface area contributed by atoms with E-state index in [-0.39, 0.29) is 23.3 Å². The highest BCUT2D eigenvalue weighted by Crippen LogP contribution is 2.01. The number of nitrogens with one attached hydrogen (secondary N) is 1. The van der Waals surface area contributed by atoms with Crippen LogP contribution in [0.15, 0.2) is 30.7 Å². The summed E-state index contributed by atoms with van der Waals surface area (Å²) in [6, 6.07) is 3.51. The van der Waals surface area contributed by atoms with E-state index in [9.17, 15) is 4.79 Å². The Kier molecular flexibility index (Phi) is 3.56. The minimum atomic E-state index is -0.334. The van der Waals surface area contributed by atoms with Crippen LogP contribution in [0, 0.1) is 0 Å². The third-order valence-electron chi connectivity index (χ3n) is 1.91. The molecule has 0 atom stereocenters. The van der Waals surface area contributed by atoms with Gasteiger partial charge in [-0.25, -0.2) is 9.97 Å². The van der Waals surface area contributed by atoms with Gasteiger partial charge in [-0.1, -0.05) is 11.6 Å². The van der Waals surface area contributed by atoms with E-state index in [1.807, 2.05) is 0 Å². The summed E-state index contributed by atoms with van der Waals surface area (Å²) in [6.45, 7) is 0.289. The zero-order valence-electron chi connectivity index (χ0n) is 8.67. The van der Waals surface area contributed by atoms with Crippen molar-refractivity contribution in [3.8, 4) is 0 Å². The molecule has 2 aromatic rings. The van der Waals surface area contributed by atoms with Gasteiger partial charge in [0.2, 0.25) is 0 Å². The number of aromatic nitrogens is 4. The topological polar surface area (TPSA) is 80.7 Å². The molecule has 17 heavy (non-hydrogen) atoms. The second kappa shape index (κ2) is 5.31. The number of carbonyl (C=O) groups excluding carboxylic acids is 1. The number of hydrogen-bond acceptors (Lipinski definition) is 5. The largest absolute Gasteiger partial charge is 0.345 e. The van der Waals surface area contributed by atoms with Crippen molar-refractivity contribution in [3.05, 3.63) is 47.3 Å². The van der Waals surface area contributed by atoms with Crippen LogP contribution >= 0.6 is 11.6 Å². The molecular formula is C10H8ClN5O. The van der Waals surface area contributed by atoms with Gasteiger partial charge in [-0.15, -0.1) is 0 Å². The lowest BCUT2D eigenvalue weighted by atomic mass is 10.3. The van der Waals surface area contributed by atoms with Gasteiger partial charge in [-0.05, 0) is 12.1 Å². The molecule has 0 aliphatic carbocycles. The van der Waals surface area contributed by atoms with Crippen molar-refractivity contribution in [3.63, 3.8) is 0 Å². The maximum absolute atomic E-state index is 11.6. The van der Waals surface area contributed by atoms with Crippen LogP contribution in [0.3, 0.4) is 0 Å². The Hall–Kier alpha value is -2.08. The molecule has 2 heterocycles. The summed E-state index contributed by atoms with van der Waals surface area (Å²) in [5.74, 6) is -0.334.